The van der Waals surface area contributed by atoms with Crippen LogP contribution in [0.5, 0.6) is 0 Å². The first-order valence-electron chi connectivity index (χ1n) is 4.09. The van der Waals surface area contributed by atoms with E-state index in [1.165, 1.54) is 11.8 Å². The van der Waals surface area contributed by atoms with Crippen LogP contribution in [0.4, 0.5) is 0 Å². The first kappa shape index (κ1) is 10.2. The molecule has 1 rings (SSSR count). The molecule has 4 heteroatoms. The van der Waals surface area contributed by atoms with E-state index in [0.717, 1.165) is 23.6 Å². The molecule has 1 heterocycles. The maximum absolute atomic E-state index is 10.6. The molecule has 0 aromatic carbocycles. The van der Waals surface area contributed by atoms with E-state index in [2.05, 4.69) is 9.97 Å². The van der Waals surface area contributed by atoms with Crippen LogP contribution in [-0.2, 0) is 11.2 Å². The van der Waals surface area contributed by atoms with Gasteiger partial charge in [-0.2, -0.15) is 0 Å². The molecule has 3 nitrogen and oxygen atoms in total. The quantitative estimate of drug-likeness (QED) is 0.736. The van der Waals surface area contributed by atoms with Gasteiger partial charge in [0.15, 0.2) is 5.12 Å². The van der Waals surface area contributed by atoms with Crippen molar-refractivity contribution in [1.29, 1.82) is 0 Å². The lowest BCUT2D eigenvalue weighted by molar-refractivity contribution is -0.109. The molecule has 1 aromatic heterocycles. The third-order valence-electron chi connectivity index (χ3n) is 1.47. The molecule has 0 radical (unpaired) electrons. The monoisotopic (exact) mass is 196 g/mol. The second-order valence-electron chi connectivity index (χ2n) is 2.74. The van der Waals surface area contributed by atoms with E-state index < -0.39 is 0 Å². The molecule has 0 aliphatic heterocycles. The van der Waals surface area contributed by atoms with Crippen LogP contribution in [0.25, 0.3) is 0 Å². The highest BCUT2D eigenvalue weighted by Gasteiger charge is 1.98. The highest BCUT2D eigenvalue weighted by Crippen LogP contribution is 2.05. The van der Waals surface area contributed by atoms with E-state index in [4.69, 9.17) is 0 Å². The molecule has 0 bridgehead atoms. The summed E-state index contributed by atoms with van der Waals surface area (Å²) in [4.78, 5) is 18.9. The SMILES string of the molecule is CC(=O)SCCc1cncc(C)n1. The van der Waals surface area contributed by atoms with Crippen LogP contribution in [0.2, 0.25) is 0 Å². The van der Waals surface area contributed by atoms with E-state index in [1.807, 2.05) is 6.92 Å². The largest absolute Gasteiger partial charge is 0.288 e. The molecule has 13 heavy (non-hydrogen) atoms. The molecule has 1 aromatic rings. The molecule has 0 saturated carbocycles. The van der Waals surface area contributed by atoms with E-state index in [1.54, 1.807) is 19.3 Å². The fourth-order valence-electron chi connectivity index (χ4n) is 0.935. The Morgan fingerprint density at radius 3 is 2.92 bits per heavy atom. The lowest BCUT2D eigenvalue weighted by Crippen LogP contribution is -1.97. The number of aryl methyl sites for hydroxylation is 2. The average Bonchev–Trinajstić information content (AvgIpc) is 2.03. The molecule has 0 saturated heterocycles. The second kappa shape index (κ2) is 4.97. The van der Waals surface area contributed by atoms with Crippen LogP contribution in [0.15, 0.2) is 12.4 Å². The molecular weight excluding hydrogens is 184 g/mol. The van der Waals surface area contributed by atoms with Crippen LogP contribution in [0, 0.1) is 6.92 Å². The zero-order valence-electron chi connectivity index (χ0n) is 7.78. The second-order valence-corrected chi connectivity index (χ2v) is 4.01. The van der Waals surface area contributed by atoms with Crippen molar-refractivity contribution in [2.45, 2.75) is 20.3 Å². The number of aromatic nitrogens is 2. The summed E-state index contributed by atoms with van der Waals surface area (Å²) >= 11 is 1.33. The predicted octanol–water partition coefficient (Wildman–Crippen LogP) is 1.61. The van der Waals surface area contributed by atoms with Gasteiger partial charge in [0.25, 0.3) is 0 Å². The van der Waals surface area contributed by atoms with Crippen LogP contribution in [0.1, 0.15) is 18.3 Å². The normalized spacial score (nSPS) is 10.0. The van der Waals surface area contributed by atoms with Crippen LogP contribution >= 0.6 is 11.8 Å². The Balaban J connectivity index is 2.41. The summed E-state index contributed by atoms with van der Waals surface area (Å²) in [5.41, 5.74) is 1.87. The van der Waals surface area contributed by atoms with E-state index in [0.29, 0.717) is 0 Å². The van der Waals surface area contributed by atoms with Crippen LogP contribution in [-0.4, -0.2) is 20.8 Å². The Hall–Kier alpha value is -0.900. The van der Waals surface area contributed by atoms with Gasteiger partial charge >= 0.3 is 0 Å². The fourth-order valence-corrected chi connectivity index (χ4v) is 1.53. The molecule has 0 aliphatic rings. The third-order valence-corrected chi connectivity index (χ3v) is 2.28. The van der Waals surface area contributed by atoms with Crippen molar-refractivity contribution in [3.63, 3.8) is 0 Å². The smallest absolute Gasteiger partial charge is 0.185 e. The first-order chi connectivity index (χ1) is 6.18. The standard InChI is InChI=1S/C9H12N2OS/c1-7-5-10-6-9(11-7)3-4-13-8(2)12/h5-6H,3-4H2,1-2H3. The average molecular weight is 196 g/mol. The van der Waals surface area contributed by atoms with Crippen molar-refractivity contribution in [2.24, 2.45) is 0 Å². The van der Waals surface area contributed by atoms with Crippen molar-refractivity contribution in [1.82, 2.24) is 9.97 Å². The number of carbonyl (C=O) groups is 1. The number of carbonyl (C=O) groups excluding carboxylic acids is 1. The van der Waals surface area contributed by atoms with Crippen LogP contribution in [0.3, 0.4) is 0 Å². The number of nitrogens with zero attached hydrogens (tertiary/aromatic N) is 2. The highest BCUT2D eigenvalue weighted by atomic mass is 32.2. The van der Waals surface area contributed by atoms with Crippen molar-refractivity contribution in [2.75, 3.05) is 5.75 Å². The Bertz CT molecular complexity index is 301. The highest BCUT2D eigenvalue weighted by molar-refractivity contribution is 8.13. The summed E-state index contributed by atoms with van der Waals surface area (Å²) in [6.07, 6.45) is 4.27. The zero-order valence-corrected chi connectivity index (χ0v) is 8.60. The van der Waals surface area contributed by atoms with Gasteiger partial charge in [-0.25, -0.2) is 0 Å². The Morgan fingerprint density at radius 2 is 2.31 bits per heavy atom. The third kappa shape index (κ3) is 4.03. The van der Waals surface area contributed by atoms with Crippen molar-refractivity contribution < 1.29 is 4.79 Å². The summed E-state index contributed by atoms with van der Waals surface area (Å²) in [7, 11) is 0. The summed E-state index contributed by atoms with van der Waals surface area (Å²) in [5.74, 6) is 0.785. The molecule has 0 spiro atoms. The molecule has 0 aliphatic carbocycles. The minimum Gasteiger partial charge on any atom is -0.288 e. The Labute approximate surface area is 82.0 Å². The van der Waals surface area contributed by atoms with Gasteiger partial charge in [0.1, 0.15) is 0 Å². The van der Waals surface area contributed by atoms with Gasteiger partial charge < -0.3 is 0 Å². The van der Waals surface area contributed by atoms with Gasteiger partial charge in [-0.05, 0) is 6.92 Å². The number of hydrogen-bond acceptors (Lipinski definition) is 4. The fraction of sp³-hybridized carbons (Fsp3) is 0.444. The maximum atomic E-state index is 10.6. The molecule has 70 valence electrons. The summed E-state index contributed by atoms with van der Waals surface area (Å²) in [6.45, 7) is 3.49. The lowest BCUT2D eigenvalue weighted by Gasteiger charge is -1.98. The molecule has 0 atom stereocenters. The number of hydrogen-bond donors (Lipinski definition) is 0. The van der Waals surface area contributed by atoms with Crippen molar-refractivity contribution >= 4 is 16.9 Å². The predicted molar refractivity (Wildman–Crippen MR) is 53.6 cm³/mol. The topological polar surface area (TPSA) is 42.9 Å². The molecule has 0 amide bonds. The van der Waals surface area contributed by atoms with E-state index in [-0.39, 0.29) is 5.12 Å². The first-order valence-corrected chi connectivity index (χ1v) is 5.08. The molecule has 0 N–H and O–H groups in total. The van der Waals surface area contributed by atoms with E-state index in [9.17, 15) is 4.79 Å². The van der Waals surface area contributed by atoms with Gasteiger partial charge in [0, 0.05) is 31.5 Å². The van der Waals surface area contributed by atoms with Crippen molar-refractivity contribution in [3.05, 3.63) is 23.8 Å². The molecular formula is C9H12N2OS. The minimum atomic E-state index is 0.153. The minimum absolute atomic E-state index is 0.153. The summed E-state index contributed by atoms with van der Waals surface area (Å²) in [6, 6.07) is 0. The number of rotatable bonds is 3. The van der Waals surface area contributed by atoms with E-state index >= 15 is 0 Å². The molecule has 0 fully saturated rings. The Kier molecular flexibility index (Phi) is 3.89. The van der Waals surface area contributed by atoms with Gasteiger partial charge in [-0.15, -0.1) is 0 Å². The van der Waals surface area contributed by atoms with Crippen LogP contribution < -0.4 is 0 Å². The Morgan fingerprint density at radius 1 is 1.54 bits per heavy atom. The summed E-state index contributed by atoms with van der Waals surface area (Å²) in [5, 5.41) is 0.153. The van der Waals surface area contributed by atoms with Gasteiger partial charge in [0.05, 0.1) is 11.4 Å². The number of thioether (sulfide) groups is 1. The maximum Gasteiger partial charge on any atom is 0.185 e. The van der Waals surface area contributed by atoms with Gasteiger partial charge in [-0.3, -0.25) is 14.8 Å². The van der Waals surface area contributed by atoms with Crippen molar-refractivity contribution in [3.8, 4) is 0 Å². The molecule has 0 unspecified atom stereocenters. The van der Waals surface area contributed by atoms with Gasteiger partial charge in [0.2, 0.25) is 0 Å². The zero-order chi connectivity index (χ0) is 9.68. The lowest BCUT2D eigenvalue weighted by atomic mass is 10.3. The van der Waals surface area contributed by atoms with Gasteiger partial charge in [-0.1, -0.05) is 11.8 Å². The summed E-state index contributed by atoms with van der Waals surface area (Å²) < 4.78 is 0.